The van der Waals surface area contributed by atoms with Crippen molar-refractivity contribution in [1.82, 2.24) is 4.98 Å². The quantitative estimate of drug-likeness (QED) is 0.819. The largest absolute Gasteiger partial charge is 0.396 e. The molecule has 0 amide bonds. The second kappa shape index (κ2) is 6.32. The fourth-order valence-corrected chi connectivity index (χ4v) is 1.27. The van der Waals surface area contributed by atoms with E-state index in [1.807, 2.05) is 18.2 Å². The fourth-order valence-electron chi connectivity index (χ4n) is 0.917. The Kier molecular flexibility index (Phi) is 6.24. The number of nitrogens with two attached hydrogens (primary N) is 1. The van der Waals surface area contributed by atoms with Gasteiger partial charge in [-0.05, 0) is 34.5 Å². The van der Waals surface area contributed by atoms with Gasteiger partial charge in [-0.25, -0.2) is 4.98 Å². The van der Waals surface area contributed by atoms with Crippen LogP contribution in [0, 0.1) is 0 Å². The number of pyridine rings is 1. The summed E-state index contributed by atoms with van der Waals surface area (Å²) < 4.78 is 0.772. The standard InChI is InChI=1S/C8H11BrN2O.ClH/c9-8-3-1-2-7(11-8)6(10)4-5-12;/h1-3,6,12H,4-5,10H2;1H/t6-;/m0./s1. The van der Waals surface area contributed by atoms with E-state index in [1.54, 1.807) is 0 Å². The van der Waals surface area contributed by atoms with Crippen molar-refractivity contribution < 1.29 is 5.11 Å². The van der Waals surface area contributed by atoms with Gasteiger partial charge in [0.15, 0.2) is 0 Å². The molecule has 0 aliphatic carbocycles. The van der Waals surface area contributed by atoms with Crippen molar-refractivity contribution in [3.05, 3.63) is 28.5 Å². The van der Waals surface area contributed by atoms with Gasteiger partial charge in [0.2, 0.25) is 0 Å². The molecule has 1 heterocycles. The zero-order valence-electron chi connectivity index (χ0n) is 6.98. The average molecular weight is 268 g/mol. The first kappa shape index (κ1) is 12.8. The molecule has 0 radical (unpaired) electrons. The minimum absolute atomic E-state index is 0. The van der Waals surface area contributed by atoms with Gasteiger partial charge in [-0.3, -0.25) is 0 Å². The number of hydrogen-bond donors (Lipinski definition) is 2. The highest BCUT2D eigenvalue weighted by molar-refractivity contribution is 9.10. The molecular formula is C8H12BrClN2O. The Morgan fingerprint density at radius 1 is 1.54 bits per heavy atom. The summed E-state index contributed by atoms with van der Waals surface area (Å²) in [6, 6.07) is 5.40. The van der Waals surface area contributed by atoms with Crippen LogP contribution in [0.25, 0.3) is 0 Å². The van der Waals surface area contributed by atoms with Crippen molar-refractivity contribution in [3.8, 4) is 0 Å². The van der Waals surface area contributed by atoms with Gasteiger partial charge < -0.3 is 10.8 Å². The first-order valence-corrected chi connectivity index (χ1v) is 4.52. The zero-order valence-corrected chi connectivity index (χ0v) is 9.38. The van der Waals surface area contributed by atoms with Crippen molar-refractivity contribution in [1.29, 1.82) is 0 Å². The van der Waals surface area contributed by atoms with E-state index in [-0.39, 0.29) is 25.1 Å². The molecule has 1 rings (SSSR count). The number of halogens is 2. The second-order valence-electron chi connectivity index (χ2n) is 2.50. The maximum Gasteiger partial charge on any atom is 0.106 e. The summed E-state index contributed by atoms with van der Waals surface area (Å²) in [7, 11) is 0. The molecule has 0 aromatic carbocycles. The number of hydrogen-bond acceptors (Lipinski definition) is 3. The molecule has 0 bridgehead atoms. The maximum absolute atomic E-state index is 8.65. The van der Waals surface area contributed by atoms with Gasteiger partial charge in [0, 0.05) is 12.6 Å². The van der Waals surface area contributed by atoms with E-state index in [1.165, 1.54) is 0 Å². The van der Waals surface area contributed by atoms with Crippen molar-refractivity contribution >= 4 is 28.3 Å². The third kappa shape index (κ3) is 4.04. The molecule has 5 heteroatoms. The van der Waals surface area contributed by atoms with Crippen LogP contribution in [0.4, 0.5) is 0 Å². The highest BCUT2D eigenvalue weighted by Crippen LogP contribution is 2.13. The normalized spacial score (nSPS) is 11.9. The lowest BCUT2D eigenvalue weighted by molar-refractivity contribution is 0.275. The van der Waals surface area contributed by atoms with E-state index in [0.717, 1.165) is 10.3 Å². The molecule has 3 N–H and O–H groups in total. The molecule has 0 saturated heterocycles. The number of aliphatic hydroxyl groups is 1. The molecule has 0 aliphatic rings. The Morgan fingerprint density at radius 3 is 2.77 bits per heavy atom. The van der Waals surface area contributed by atoms with Crippen LogP contribution in [0.3, 0.4) is 0 Å². The summed E-state index contributed by atoms with van der Waals surface area (Å²) in [5.41, 5.74) is 6.54. The predicted octanol–water partition coefficient (Wildman–Crippen LogP) is 1.65. The van der Waals surface area contributed by atoms with Crippen LogP contribution in [-0.2, 0) is 0 Å². The first-order valence-electron chi connectivity index (χ1n) is 3.73. The van der Waals surface area contributed by atoms with Crippen LogP contribution >= 0.6 is 28.3 Å². The number of nitrogens with zero attached hydrogens (tertiary/aromatic N) is 1. The lowest BCUT2D eigenvalue weighted by Crippen LogP contribution is -2.13. The van der Waals surface area contributed by atoms with Crippen LogP contribution in [0.1, 0.15) is 18.2 Å². The van der Waals surface area contributed by atoms with Crippen molar-refractivity contribution in [2.75, 3.05) is 6.61 Å². The Bertz CT molecular complexity index is 260. The summed E-state index contributed by atoms with van der Waals surface area (Å²) in [5, 5.41) is 8.65. The van der Waals surface area contributed by atoms with E-state index < -0.39 is 0 Å². The molecule has 0 spiro atoms. The zero-order chi connectivity index (χ0) is 8.97. The van der Waals surface area contributed by atoms with E-state index in [4.69, 9.17) is 10.8 Å². The topological polar surface area (TPSA) is 59.1 Å². The van der Waals surface area contributed by atoms with Crippen LogP contribution < -0.4 is 5.73 Å². The van der Waals surface area contributed by atoms with Crippen molar-refractivity contribution in [3.63, 3.8) is 0 Å². The third-order valence-electron chi connectivity index (χ3n) is 1.56. The SMILES string of the molecule is Cl.N[C@@H](CCO)c1cccc(Br)n1. The Hall–Kier alpha value is -0.160. The Morgan fingerprint density at radius 2 is 2.23 bits per heavy atom. The Labute approximate surface area is 91.9 Å². The predicted molar refractivity (Wildman–Crippen MR) is 57.8 cm³/mol. The van der Waals surface area contributed by atoms with Crippen LogP contribution in [-0.4, -0.2) is 16.7 Å². The van der Waals surface area contributed by atoms with Crippen LogP contribution in [0.5, 0.6) is 0 Å². The van der Waals surface area contributed by atoms with Crippen molar-refractivity contribution in [2.24, 2.45) is 5.73 Å². The molecule has 1 atom stereocenters. The highest BCUT2D eigenvalue weighted by Gasteiger charge is 2.05. The number of aliphatic hydroxyl groups excluding tert-OH is 1. The lowest BCUT2D eigenvalue weighted by Gasteiger charge is -2.08. The molecule has 1 aromatic heterocycles. The molecule has 74 valence electrons. The second-order valence-corrected chi connectivity index (χ2v) is 3.32. The third-order valence-corrected chi connectivity index (χ3v) is 2.00. The fraction of sp³-hybridized carbons (Fsp3) is 0.375. The van der Waals surface area contributed by atoms with E-state index in [9.17, 15) is 0 Å². The molecule has 3 nitrogen and oxygen atoms in total. The summed E-state index contributed by atoms with van der Waals surface area (Å²) in [5.74, 6) is 0. The van der Waals surface area contributed by atoms with Gasteiger partial charge in [-0.15, -0.1) is 12.4 Å². The van der Waals surface area contributed by atoms with Gasteiger partial charge in [0.25, 0.3) is 0 Å². The van der Waals surface area contributed by atoms with Crippen molar-refractivity contribution in [2.45, 2.75) is 12.5 Å². The smallest absolute Gasteiger partial charge is 0.106 e. The van der Waals surface area contributed by atoms with Gasteiger partial charge in [-0.1, -0.05) is 6.07 Å². The molecule has 13 heavy (non-hydrogen) atoms. The van der Waals surface area contributed by atoms with Gasteiger partial charge >= 0.3 is 0 Å². The molecule has 0 fully saturated rings. The molecule has 0 aliphatic heterocycles. The minimum Gasteiger partial charge on any atom is -0.396 e. The highest BCUT2D eigenvalue weighted by atomic mass is 79.9. The summed E-state index contributed by atoms with van der Waals surface area (Å²) in [6.45, 7) is 0.0926. The van der Waals surface area contributed by atoms with E-state index in [2.05, 4.69) is 20.9 Å². The molecule has 0 unspecified atom stereocenters. The first-order chi connectivity index (χ1) is 5.74. The molecule has 1 aromatic rings. The summed E-state index contributed by atoms with van der Waals surface area (Å²) in [4.78, 5) is 4.17. The van der Waals surface area contributed by atoms with Crippen LogP contribution in [0.15, 0.2) is 22.8 Å². The van der Waals surface area contributed by atoms with Gasteiger partial charge in [0.05, 0.1) is 5.69 Å². The number of aromatic nitrogens is 1. The van der Waals surface area contributed by atoms with Crippen LogP contribution in [0.2, 0.25) is 0 Å². The maximum atomic E-state index is 8.65. The minimum atomic E-state index is -0.174. The number of rotatable bonds is 3. The van der Waals surface area contributed by atoms with Gasteiger partial charge in [-0.2, -0.15) is 0 Å². The van der Waals surface area contributed by atoms with Gasteiger partial charge in [0.1, 0.15) is 4.60 Å². The Balaban J connectivity index is 0.00000144. The monoisotopic (exact) mass is 266 g/mol. The van der Waals surface area contributed by atoms with E-state index in [0.29, 0.717) is 6.42 Å². The van der Waals surface area contributed by atoms with E-state index >= 15 is 0 Å². The average Bonchev–Trinajstić information content (AvgIpc) is 2.05. The molecule has 0 saturated carbocycles. The summed E-state index contributed by atoms with van der Waals surface area (Å²) >= 11 is 3.25. The summed E-state index contributed by atoms with van der Waals surface area (Å²) in [6.07, 6.45) is 0.545. The lowest BCUT2D eigenvalue weighted by atomic mass is 10.1. The molecular weight excluding hydrogens is 255 g/mol.